The smallest absolute Gasteiger partial charge is 0.234 e. The number of piperazine rings is 1. The Morgan fingerprint density at radius 2 is 1.67 bits per heavy atom. The van der Waals surface area contributed by atoms with Crippen LogP contribution in [0.1, 0.15) is 11.3 Å². The maximum Gasteiger partial charge on any atom is 0.234 e. The average Bonchev–Trinajstić information content (AvgIpc) is 2.50. The number of hydrogen-bond acceptors (Lipinski definition) is 0. The fraction of sp³-hybridized carbons (Fsp3) is 0.353. The molecule has 21 heavy (non-hydrogen) atoms. The van der Waals surface area contributed by atoms with Gasteiger partial charge in [-0.15, -0.1) is 0 Å². The molecule has 0 aliphatic carbocycles. The van der Waals surface area contributed by atoms with Crippen molar-refractivity contribution in [2.75, 3.05) is 26.2 Å². The molecule has 0 spiro atoms. The highest BCUT2D eigenvalue weighted by atomic mass is 19.1. The molecule has 1 aromatic carbocycles. The van der Waals surface area contributed by atoms with E-state index in [1.54, 1.807) is 21.9 Å². The van der Waals surface area contributed by atoms with Gasteiger partial charge in [-0.05, 0) is 18.2 Å². The maximum absolute atomic E-state index is 13.2. The number of pyridine rings is 1. The molecule has 0 bridgehead atoms. The molecular formula is C17H23FN3+3. The van der Waals surface area contributed by atoms with E-state index in [1.807, 2.05) is 18.3 Å². The van der Waals surface area contributed by atoms with E-state index in [9.17, 15) is 4.39 Å². The van der Waals surface area contributed by atoms with Crippen LogP contribution in [-0.4, -0.2) is 26.2 Å². The minimum Gasteiger partial charge on any atom is -0.322 e. The number of benzene rings is 1. The third-order valence-corrected chi connectivity index (χ3v) is 4.22. The lowest BCUT2D eigenvalue weighted by molar-refractivity contribution is -1.03. The average molecular weight is 288 g/mol. The van der Waals surface area contributed by atoms with E-state index in [2.05, 4.69) is 17.1 Å². The van der Waals surface area contributed by atoms with Crippen molar-refractivity contribution in [2.45, 2.75) is 13.1 Å². The Kier molecular flexibility index (Phi) is 4.58. The summed E-state index contributed by atoms with van der Waals surface area (Å²) in [6, 6.07) is 13.2. The minimum absolute atomic E-state index is 0.129. The SMILES string of the molecule is Fc1cccc(C[NH+]2CC[NH+](Cc3cccc[nH+]3)CC2)c1. The molecule has 3 N–H and O–H groups in total. The lowest BCUT2D eigenvalue weighted by atomic mass is 10.2. The summed E-state index contributed by atoms with van der Waals surface area (Å²) < 4.78 is 13.2. The molecule has 1 fully saturated rings. The lowest BCUT2D eigenvalue weighted by Gasteiger charge is -2.28. The molecule has 0 atom stereocenters. The van der Waals surface area contributed by atoms with Crippen LogP contribution < -0.4 is 14.8 Å². The number of aromatic amines is 1. The fourth-order valence-electron chi connectivity index (χ4n) is 3.06. The van der Waals surface area contributed by atoms with Gasteiger partial charge in [0.1, 0.15) is 38.5 Å². The Labute approximate surface area is 125 Å². The van der Waals surface area contributed by atoms with Gasteiger partial charge in [0.15, 0.2) is 12.7 Å². The summed E-state index contributed by atoms with van der Waals surface area (Å²) in [6.07, 6.45) is 1.99. The third kappa shape index (κ3) is 4.09. The lowest BCUT2D eigenvalue weighted by Crippen LogP contribution is -3.27. The van der Waals surface area contributed by atoms with E-state index < -0.39 is 0 Å². The van der Waals surface area contributed by atoms with Crippen LogP contribution in [0.5, 0.6) is 0 Å². The van der Waals surface area contributed by atoms with Crippen LogP contribution in [-0.2, 0) is 13.1 Å². The van der Waals surface area contributed by atoms with Crippen LogP contribution in [0.4, 0.5) is 4.39 Å². The molecule has 0 unspecified atom stereocenters. The summed E-state index contributed by atoms with van der Waals surface area (Å²) in [5, 5.41) is 0. The minimum atomic E-state index is -0.129. The number of aromatic nitrogens is 1. The summed E-state index contributed by atoms with van der Waals surface area (Å²) in [5.74, 6) is -0.129. The first-order chi connectivity index (χ1) is 10.3. The number of quaternary nitrogens is 2. The molecule has 0 saturated carbocycles. The summed E-state index contributed by atoms with van der Waals surface area (Å²) in [5.41, 5.74) is 2.39. The summed E-state index contributed by atoms with van der Waals surface area (Å²) in [7, 11) is 0. The van der Waals surface area contributed by atoms with E-state index in [1.165, 1.54) is 24.8 Å². The summed E-state index contributed by atoms with van der Waals surface area (Å²) >= 11 is 0. The van der Waals surface area contributed by atoms with Gasteiger partial charge in [0.25, 0.3) is 0 Å². The molecule has 1 aliphatic rings. The van der Waals surface area contributed by atoms with Crippen molar-refractivity contribution >= 4 is 0 Å². The summed E-state index contributed by atoms with van der Waals surface area (Å²) in [6.45, 7) is 6.65. The molecule has 0 amide bonds. The zero-order valence-corrected chi connectivity index (χ0v) is 12.2. The van der Waals surface area contributed by atoms with Gasteiger partial charge in [-0.25, -0.2) is 9.37 Å². The topological polar surface area (TPSA) is 23.0 Å². The van der Waals surface area contributed by atoms with Gasteiger partial charge in [0, 0.05) is 17.7 Å². The molecule has 2 heterocycles. The Bertz CT molecular complexity index is 565. The van der Waals surface area contributed by atoms with Crippen molar-refractivity contribution < 1.29 is 19.2 Å². The van der Waals surface area contributed by atoms with E-state index in [0.29, 0.717) is 0 Å². The number of halogens is 1. The highest BCUT2D eigenvalue weighted by Crippen LogP contribution is 2.01. The van der Waals surface area contributed by atoms with E-state index >= 15 is 0 Å². The van der Waals surface area contributed by atoms with Crippen molar-refractivity contribution in [2.24, 2.45) is 0 Å². The predicted octanol–water partition coefficient (Wildman–Crippen LogP) is -0.877. The first-order valence-electron chi connectivity index (χ1n) is 7.67. The second-order valence-corrected chi connectivity index (χ2v) is 5.87. The van der Waals surface area contributed by atoms with Crippen molar-refractivity contribution in [3.05, 3.63) is 65.7 Å². The first kappa shape index (κ1) is 14.2. The van der Waals surface area contributed by atoms with Gasteiger partial charge >= 0.3 is 0 Å². The van der Waals surface area contributed by atoms with E-state index in [4.69, 9.17) is 0 Å². The number of nitrogens with one attached hydrogen (secondary N) is 3. The van der Waals surface area contributed by atoms with Gasteiger partial charge in [-0.2, -0.15) is 0 Å². The highest BCUT2D eigenvalue weighted by molar-refractivity contribution is 5.14. The van der Waals surface area contributed by atoms with Crippen molar-refractivity contribution in [1.29, 1.82) is 0 Å². The first-order valence-corrected chi connectivity index (χ1v) is 7.67. The zero-order valence-electron chi connectivity index (χ0n) is 12.2. The van der Waals surface area contributed by atoms with Gasteiger partial charge in [-0.3, -0.25) is 0 Å². The Morgan fingerprint density at radius 3 is 2.33 bits per heavy atom. The van der Waals surface area contributed by atoms with E-state index in [0.717, 1.165) is 31.7 Å². The molecule has 1 saturated heterocycles. The molecule has 2 aromatic rings. The van der Waals surface area contributed by atoms with Crippen LogP contribution in [0, 0.1) is 5.82 Å². The van der Waals surface area contributed by atoms with Crippen LogP contribution in [0.3, 0.4) is 0 Å². The third-order valence-electron chi connectivity index (χ3n) is 4.22. The van der Waals surface area contributed by atoms with E-state index in [-0.39, 0.29) is 5.82 Å². The van der Waals surface area contributed by atoms with Crippen LogP contribution in [0.15, 0.2) is 48.7 Å². The van der Waals surface area contributed by atoms with Crippen LogP contribution >= 0.6 is 0 Å². The molecule has 3 rings (SSSR count). The Hall–Kier alpha value is -1.78. The molecular weight excluding hydrogens is 265 g/mol. The molecule has 1 aliphatic heterocycles. The number of rotatable bonds is 4. The standard InChI is InChI=1S/C17H20FN3/c18-16-5-3-4-15(12-16)13-20-8-10-21(11-9-20)14-17-6-1-2-7-19-17/h1-7,12H,8-11,13-14H2/p+3. The highest BCUT2D eigenvalue weighted by Gasteiger charge is 2.24. The quantitative estimate of drug-likeness (QED) is 0.730. The fourth-order valence-corrected chi connectivity index (χ4v) is 3.06. The normalized spacial score (nSPS) is 22.1. The van der Waals surface area contributed by atoms with Gasteiger partial charge in [0.05, 0.1) is 0 Å². The van der Waals surface area contributed by atoms with Crippen molar-refractivity contribution in [1.82, 2.24) is 0 Å². The second-order valence-electron chi connectivity index (χ2n) is 5.87. The Balaban J connectivity index is 1.49. The zero-order chi connectivity index (χ0) is 14.5. The molecule has 110 valence electrons. The number of H-pyrrole nitrogens is 1. The van der Waals surface area contributed by atoms with Gasteiger partial charge < -0.3 is 9.80 Å². The number of hydrogen-bond donors (Lipinski definition) is 2. The molecule has 4 heteroatoms. The summed E-state index contributed by atoms with van der Waals surface area (Å²) in [4.78, 5) is 6.49. The largest absolute Gasteiger partial charge is 0.322 e. The van der Waals surface area contributed by atoms with Gasteiger partial charge in [-0.1, -0.05) is 12.1 Å². The van der Waals surface area contributed by atoms with Crippen molar-refractivity contribution in [3.8, 4) is 0 Å². The van der Waals surface area contributed by atoms with Gasteiger partial charge in [0.2, 0.25) is 5.69 Å². The van der Waals surface area contributed by atoms with Crippen LogP contribution in [0.25, 0.3) is 0 Å². The second kappa shape index (κ2) is 6.78. The van der Waals surface area contributed by atoms with Crippen molar-refractivity contribution in [3.63, 3.8) is 0 Å². The maximum atomic E-state index is 13.2. The Morgan fingerprint density at radius 1 is 0.905 bits per heavy atom. The monoisotopic (exact) mass is 288 g/mol. The molecule has 1 aromatic heterocycles. The predicted molar refractivity (Wildman–Crippen MR) is 78.2 cm³/mol. The van der Waals surface area contributed by atoms with Crippen LogP contribution in [0.2, 0.25) is 0 Å². The molecule has 0 radical (unpaired) electrons. The molecule has 3 nitrogen and oxygen atoms in total.